The minimum absolute atomic E-state index is 0.183. The van der Waals surface area contributed by atoms with E-state index in [2.05, 4.69) is 15.8 Å². The molecule has 0 saturated carbocycles. The predicted octanol–water partition coefficient (Wildman–Crippen LogP) is 12.8. The van der Waals surface area contributed by atoms with Crippen LogP contribution in [0.5, 0.6) is 0 Å². The second kappa shape index (κ2) is 15.8. The van der Waals surface area contributed by atoms with Crippen molar-refractivity contribution in [3.05, 3.63) is 199 Å². The highest BCUT2D eigenvalue weighted by Crippen LogP contribution is 2.48. The lowest BCUT2D eigenvalue weighted by molar-refractivity contribution is 0.589. The van der Waals surface area contributed by atoms with Gasteiger partial charge in [-0.25, -0.2) is 8.78 Å². The van der Waals surface area contributed by atoms with E-state index in [1.54, 1.807) is 15.9 Å². The summed E-state index contributed by atoms with van der Waals surface area (Å²) in [5.74, 6) is -1.43. The van der Waals surface area contributed by atoms with E-state index in [0.717, 1.165) is 28.1 Å². The Morgan fingerprint density at radius 2 is 1.00 bits per heavy atom. The molecule has 0 radical (unpaired) electrons. The predicted molar refractivity (Wildman–Crippen MR) is 216 cm³/mol. The maximum atomic E-state index is 18.1. The van der Waals surface area contributed by atoms with Gasteiger partial charge in [-0.15, -0.1) is 9.24 Å². The normalized spacial score (nSPS) is 11.5. The molecule has 6 rings (SSSR count). The number of halogens is 2. The molecule has 254 valence electrons. The quantitative estimate of drug-likeness (QED) is 0.0989. The van der Waals surface area contributed by atoms with Gasteiger partial charge in [0.15, 0.2) is 11.6 Å². The van der Waals surface area contributed by atoms with Crippen LogP contribution in [-0.2, 0) is 0 Å². The van der Waals surface area contributed by atoms with Crippen molar-refractivity contribution in [1.82, 2.24) is 0 Å². The van der Waals surface area contributed by atoms with E-state index in [1.165, 1.54) is 0 Å². The molecule has 0 aliphatic rings. The molecular formula is C45H40F2N3P. The topological polar surface area (TPSA) is 9.72 Å². The van der Waals surface area contributed by atoms with Crippen LogP contribution in [-0.4, -0.2) is 0 Å². The molecular weight excluding hydrogens is 651 g/mol. The van der Waals surface area contributed by atoms with Gasteiger partial charge in [-0.1, -0.05) is 97.6 Å². The first-order chi connectivity index (χ1) is 24.8. The summed E-state index contributed by atoms with van der Waals surface area (Å²) in [5.41, 5.74) is 6.46. The number of para-hydroxylation sites is 3. The molecule has 0 fully saturated rings. The van der Waals surface area contributed by atoms with Crippen molar-refractivity contribution in [3.63, 3.8) is 0 Å². The van der Waals surface area contributed by atoms with Crippen molar-refractivity contribution >= 4 is 60.0 Å². The number of anilines is 8. The Balaban J connectivity index is 1.78. The van der Waals surface area contributed by atoms with Crippen molar-refractivity contribution < 1.29 is 8.78 Å². The minimum atomic E-state index is -0.720. The van der Waals surface area contributed by atoms with E-state index < -0.39 is 11.6 Å². The van der Waals surface area contributed by atoms with Crippen LogP contribution in [0.25, 0.3) is 0 Å². The third-order valence-electron chi connectivity index (χ3n) is 8.48. The van der Waals surface area contributed by atoms with E-state index >= 15 is 8.78 Å². The summed E-state index contributed by atoms with van der Waals surface area (Å²) in [6.07, 6.45) is 7.30. The largest absolute Gasteiger partial charge is 0.314 e. The first-order valence-corrected chi connectivity index (χ1v) is 17.3. The van der Waals surface area contributed by atoms with Crippen molar-refractivity contribution in [2.24, 2.45) is 0 Å². The molecule has 1 unspecified atom stereocenters. The van der Waals surface area contributed by atoms with Crippen LogP contribution in [0.4, 0.5) is 54.3 Å². The molecule has 6 aromatic rings. The highest BCUT2D eigenvalue weighted by molar-refractivity contribution is 7.28. The summed E-state index contributed by atoms with van der Waals surface area (Å²) in [4.78, 5) is 5.32. The molecule has 3 nitrogen and oxygen atoms in total. The van der Waals surface area contributed by atoms with Crippen LogP contribution in [0.1, 0.15) is 18.1 Å². The highest BCUT2D eigenvalue weighted by Gasteiger charge is 2.34. The van der Waals surface area contributed by atoms with Crippen LogP contribution >= 0.6 is 9.24 Å². The van der Waals surface area contributed by atoms with Gasteiger partial charge in [-0.2, -0.15) is 0 Å². The molecule has 6 aromatic carbocycles. The molecule has 0 bridgehead atoms. The van der Waals surface area contributed by atoms with Gasteiger partial charge >= 0.3 is 0 Å². The number of nitrogens with zero attached hydrogens (tertiary/aromatic N) is 3. The van der Waals surface area contributed by atoms with E-state index in [1.807, 2.05) is 184 Å². The van der Waals surface area contributed by atoms with Gasteiger partial charge in [0, 0.05) is 39.9 Å². The molecule has 51 heavy (non-hydrogen) atoms. The van der Waals surface area contributed by atoms with Crippen molar-refractivity contribution in [2.75, 3.05) is 14.7 Å². The third kappa shape index (κ3) is 7.55. The van der Waals surface area contributed by atoms with Gasteiger partial charge in [-0.05, 0) is 104 Å². The van der Waals surface area contributed by atoms with Gasteiger partial charge < -0.3 is 14.7 Å². The Morgan fingerprint density at radius 1 is 0.569 bits per heavy atom. The van der Waals surface area contributed by atoms with Gasteiger partial charge in [0.2, 0.25) is 0 Å². The molecule has 0 spiro atoms. The average Bonchev–Trinajstić information content (AvgIpc) is 3.14. The van der Waals surface area contributed by atoms with Gasteiger partial charge in [0.05, 0.1) is 11.4 Å². The molecule has 0 N–H and O–H groups in total. The van der Waals surface area contributed by atoms with Gasteiger partial charge in [0.25, 0.3) is 0 Å². The Kier molecular flexibility index (Phi) is 10.9. The van der Waals surface area contributed by atoms with Crippen LogP contribution in [0.3, 0.4) is 0 Å². The monoisotopic (exact) mass is 691 g/mol. The lowest BCUT2D eigenvalue weighted by Crippen LogP contribution is -2.27. The van der Waals surface area contributed by atoms with Crippen LogP contribution < -0.4 is 20.0 Å². The van der Waals surface area contributed by atoms with E-state index in [0.29, 0.717) is 22.4 Å². The fraction of sp³-hybridized carbons (Fsp3) is 0.0667. The summed E-state index contributed by atoms with van der Waals surface area (Å²) in [6, 6.07) is 44.1. The maximum Gasteiger partial charge on any atom is 0.174 e. The summed E-state index contributed by atoms with van der Waals surface area (Å²) in [5, 5.41) is 0.343. The standard InChI is InChI=1S/C45H40F2N3P/c1-5-17-32(2)28-29-48(35-20-9-6-10-21-35)43-40(46)42(49(36-22-11-7-12-23-36)38-26-15-18-33(3)30-38)41(47)44(45(43)51)50(37-24-13-8-14-25-37)39-27-16-19-34(4)31-39/h5-31H,1,51H2,2-4H3/b29-28+,32-17-. The number of rotatable bonds is 11. The second-order valence-corrected chi connectivity index (χ2v) is 12.9. The smallest absolute Gasteiger partial charge is 0.174 e. The first kappa shape index (κ1) is 35.1. The zero-order valence-electron chi connectivity index (χ0n) is 29.0. The summed E-state index contributed by atoms with van der Waals surface area (Å²) >= 11 is 0. The molecule has 0 aromatic heterocycles. The Morgan fingerprint density at radius 3 is 1.47 bits per heavy atom. The number of hydrogen-bond acceptors (Lipinski definition) is 3. The van der Waals surface area contributed by atoms with Crippen LogP contribution in [0, 0.1) is 25.5 Å². The van der Waals surface area contributed by atoms with Crippen molar-refractivity contribution in [3.8, 4) is 0 Å². The third-order valence-corrected chi connectivity index (χ3v) is 9.03. The van der Waals surface area contributed by atoms with Crippen molar-refractivity contribution in [2.45, 2.75) is 20.8 Å². The lowest BCUT2D eigenvalue weighted by Gasteiger charge is -2.35. The summed E-state index contributed by atoms with van der Waals surface area (Å²) < 4.78 is 36.1. The molecule has 1 atom stereocenters. The fourth-order valence-electron chi connectivity index (χ4n) is 6.13. The summed E-state index contributed by atoms with van der Waals surface area (Å²) in [6.45, 7) is 9.75. The molecule has 0 heterocycles. The Hall–Kier alpha value is -5.77. The Bertz CT molecular complexity index is 2080. The van der Waals surface area contributed by atoms with Crippen LogP contribution in [0.2, 0.25) is 0 Å². The average molecular weight is 692 g/mol. The molecule has 0 aliphatic carbocycles. The molecule has 6 heteroatoms. The first-order valence-electron chi connectivity index (χ1n) is 16.7. The summed E-state index contributed by atoms with van der Waals surface area (Å²) in [7, 11) is 2.68. The SMILES string of the molecule is C=C/C=C(C)\C=C\N(c1ccccc1)c1c(F)c(N(c2ccccc2)c2cccc(C)c2)c(F)c(N(c2ccccc2)c2cccc(C)c2)c1P. The zero-order chi connectivity index (χ0) is 35.9. The van der Waals surface area contributed by atoms with Gasteiger partial charge in [-0.3, -0.25) is 0 Å². The zero-order valence-corrected chi connectivity index (χ0v) is 30.1. The maximum absolute atomic E-state index is 18.1. The number of aryl methyl sites for hydroxylation is 2. The minimum Gasteiger partial charge on any atom is -0.314 e. The molecule has 0 saturated heterocycles. The fourth-order valence-corrected chi connectivity index (χ4v) is 6.66. The molecule has 0 amide bonds. The number of hydrogen-bond donors (Lipinski definition) is 0. The van der Waals surface area contributed by atoms with E-state index in [-0.39, 0.29) is 17.1 Å². The van der Waals surface area contributed by atoms with Gasteiger partial charge in [0.1, 0.15) is 5.69 Å². The highest BCUT2D eigenvalue weighted by atomic mass is 31.0. The molecule has 0 aliphatic heterocycles. The van der Waals surface area contributed by atoms with Crippen molar-refractivity contribution in [1.29, 1.82) is 0 Å². The van der Waals surface area contributed by atoms with E-state index in [9.17, 15) is 0 Å². The number of allylic oxidation sites excluding steroid dienone is 4. The second-order valence-electron chi connectivity index (χ2n) is 12.3. The Labute approximate surface area is 302 Å². The van der Waals surface area contributed by atoms with E-state index in [4.69, 9.17) is 0 Å². The lowest BCUT2D eigenvalue weighted by atomic mass is 10.1. The number of benzene rings is 6. The van der Waals surface area contributed by atoms with Crippen LogP contribution in [0.15, 0.2) is 176 Å².